The Hall–Kier alpha value is -3.93. The number of fused-ring (bicyclic) bond motifs is 3. The zero-order chi connectivity index (χ0) is 31.5. The van der Waals surface area contributed by atoms with Gasteiger partial charge in [-0.15, -0.1) is 0 Å². The molecule has 1 heterocycles. The summed E-state index contributed by atoms with van der Waals surface area (Å²) in [7, 11) is 3.14. The number of carbonyl (C=O) groups excluding carboxylic acids is 5. The number of primary amides is 1. The average Bonchev–Trinajstić information content (AvgIpc) is 2.97. The van der Waals surface area contributed by atoms with Crippen molar-refractivity contribution in [2.24, 2.45) is 29.4 Å². The largest absolute Gasteiger partial charge is 0.507 e. The molecule has 232 valence electrons. The molecular formula is C33H38N4O7. The van der Waals surface area contributed by atoms with Gasteiger partial charge in [0.25, 0.3) is 0 Å². The zero-order valence-corrected chi connectivity index (χ0v) is 24.9. The number of nitrogens with zero attached hydrogens (tertiary/aromatic N) is 2. The normalized spacial score (nSPS) is 31.0. The third-order valence-electron chi connectivity index (χ3n) is 10.1. The fourth-order valence-electron chi connectivity index (χ4n) is 8.04. The van der Waals surface area contributed by atoms with E-state index < -0.39 is 64.4 Å². The number of aromatic hydroxyl groups is 1. The fraction of sp³-hybridized carbons (Fsp3) is 0.485. The van der Waals surface area contributed by atoms with E-state index in [0.717, 1.165) is 32.5 Å². The number of hydrogen-bond acceptors (Lipinski definition) is 10. The highest BCUT2D eigenvalue weighted by molar-refractivity contribution is 6.32. The highest BCUT2D eigenvalue weighted by Crippen LogP contribution is 2.51. The second kappa shape index (κ2) is 11.2. The van der Waals surface area contributed by atoms with Crippen molar-refractivity contribution in [3.8, 4) is 5.75 Å². The minimum Gasteiger partial charge on any atom is -0.507 e. The minimum absolute atomic E-state index is 0.00288. The Labute approximate surface area is 255 Å². The Morgan fingerprint density at radius 3 is 2.36 bits per heavy atom. The van der Waals surface area contributed by atoms with Crippen LogP contribution < -0.4 is 11.1 Å². The predicted molar refractivity (Wildman–Crippen MR) is 160 cm³/mol. The van der Waals surface area contributed by atoms with Crippen molar-refractivity contribution in [3.05, 3.63) is 59.2 Å². The van der Waals surface area contributed by atoms with Gasteiger partial charge in [0.1, 0.15) is 5.75 Å². The summed E-state index contributed by atoms with van der Waals surface area (Å²) >= 11 is 0. The summed E-state index contributed by atoms with van der Waals surface area (Å²) in [5.74, 6) is -10.4. The lowest BCUT2D eigenvalue weighted by Crippen LogP contribution is -2.74. The van der Waals surface area contributed by atoms with Gasteiger partial charge in [0.05, 0.1) is 17.5 Å². The number of aliphatic hydroxyl groups is 1. The third kappa shape index (κ3) is 4.74. The van der Waals surface area contributed by atoms with Gasteiger partial charge in [0.2, 0.25) is 5.91 Å². The molecule has 2 saturated carbocycles. The number of nitrogens with two attached hydrogens (primary N) is 1. The number of likely N-dealkylation sites (tertiary alicyclic amines) is 1. The summed E-state index contributed by atoms with van der Waals surface area (Å²) in [4.78, 5) is 70.7. The first-order valence-electron chi connectivity index (χ1n) is 15.2. The van der Waals surface area contributed by atoms with Gasteiger partial charge in [0, 0.05) is 37.3 Å². The molecule has 1 saturated heterocycles. The van der Waals surface area contributed by atoms with E-state index in [1.54, 1.807) is 20.2 Å². The van der Waals surface area contributed by atoms with Gasteiger partial charge in [-0.25, -0.2) is 0 Å². The molecule has 2 aromatic rings. The van der Waals surface area contributed by atoms with Crippen molar-refractivity contribution in [2.45, 2.75) is 49.9 Å². The molecule has 1 amide bonds. The number of anilines is 1. The molecule has 1 aliphatic heterocycles. The first-order chi connectivity index (χ1) is 20.9. The standard InChI is InChI=1S/C33H38N4O7/c1-36(2)27-21-15-18-14-20-22(35-19-10-12-37(13-11-19)16-17-6-4-3-5-7-17)8-9-23(38)25(20)28(39)24(18)30(41)33(21,44)31(42)26(29(27)40)32(34)43/h3-9,18-19,21,24,26-27,35,38,44H,10-16H2,1-2H3,(H2,34,43)/t18-,21-,24?,26?,27-,33-/m1/s1. The molecule has 0 bridgehead atoms. The van der Waals surface area contributed by atoms with E-state index >= 15 is 0 Å². The molecular weight excluding hydrogens is 564 g/mol. The van der Waals surface area contributed by atoms with Crippen molar-refractivity contribution in [1.82, 2.24) is 9.80 Å². The van der Waals surface area contributed by atoms with Crippen LogP contribution in [0.3, 0.4) is 0 Å². The Morgan fingerprint density at radius 1 is 1.05 bits per heavy atom. The molecule has 11 heteroatoms. The lowest BCUT2D eigenvalue weighted by atomic mass is 9.52. The number of likely N-dealkylation sites (N-methyl/N-ethyl adjacent to an activating group) is 1. The van der Waals surface area contributed by atoms with Gasteiger partial charge < -0.3 is 21.3 Å². The van der Waals surface area contributed by atoms with Gasteiger partial charge in [-0.2, -0.15) is 0 Å². The number of Topliss-reactive ketones (excluding diaryl/α,β-unsaturated/α-hetero) is 4. The predicted octanol–water partition coefficient (Wildman–Crippen LogP) is 0.944. The van der Waals surface area contributed by atoms with Crippen molar-refractivity contribution in [2.75, 3.05) is 32.5 Å². The van der Waals surface area contributed by atoms with E-state index in [1.165, 1.54) is 16.5 Å². The van der Waals surface area contributed by atoms with Gasteiger partial charge in [0.15, 0.2) is 34.7 Å². The van der Waals surface area contributed by atoms with Crippen LogP contribution in [0.4, 0.5) is 5.69 Å². The second-order valence-corrected chi connectivity index (χ2v) is 13.0. The van der Waals surface area contributed by atoms with Gasteiger partial charge in [-0.1, -0.05) is 30.3 Å². The van der Waals surface area contributed by atoms with E-state index in [9.17, 15) is 34.2 Å². The molecule has 44 heavy (non-hydrogen) atoms. The molecule has 3 aliphatic carbocycles. The lowest BCUT2D eigenvalue weighted by Gasteiger charge is -2.52. The Balaban J connectivity index is 1.27. The zero-order valence-electron chi connectivity index (χ0n) is 24.9. The molecule has 11 nitrogen and oxygen atoms in total. The topological polar surface area (TPSA) is 170 Å². The van der Waals surface area contributed by atoms with Crippen LogP contribution in [0.15, 0.2) is 42.5 Å². The van der Waals surface area contributed by atoms with Crippen LogP contribution in [0.1, 0.15) is 40.7 Å². The molecule has 2 aromatic carbocycles. The van der Waals surface area contributed by atoms with Crippen molar-refractivity contribution in [1.29, 1.82) is 0 Å². The number of piperidine rings is 1. The number of hydrogen-bond donors (Lipinski definition) is 4. The molecule has 4 aliphatic rings. The Bertz CT molecular complexity index is 1530. The van der Waals surface area contributed by atoms with Crippen LogP contribution in [0.25, 0.3) is 0 Å². The summed E-state index contributed by atoms with van der Waals surface area (Å²) < 4.78 is 0. The van der Waals surface area contributed by atoms with E-state index in [2.05, 4.69) is 22.3 Å². The Kier molecular flexibility index (Phi) is 7.67. The average molecular weight is 603 g/mol. The summed E-state index contributed by atoms with van der Waals surface area (Å²) in [5, 5.41) is 26.1. The number of phenols is 1. The first-order valence-corrected chi connectivity index (χ1v) is 15.2. The second-order valence-electron chi connectivity index (χ2n) is 13.0. The maximum absolute atomic E-state index is 14.0. The summed E-state index contributed by atoms with van der Waals surface area (Å²) in [5.41, 5.74) is 5.21. The van der Waals surface area contributed by atoms with Crippen molar-refractivity contribution >= 4 is 34.7 Å². The number of rotatable bonds is 6. The number of nitrogens with one attached hydrogen (secondary N) is 1. The molecule has 6 atom stereocenters. The molecule has 0 radical (unpaired) electrons. The van der Waals surface area contributed by atoms with Crippen molar-refractivity contribution < 1.29 is 34.2 Å². The van der Waals surface area contributed by atoms with Crippen LogP contribution in [0, 0.1) is 23.7 Å². The lowest BCUT2D eigenvalue weighted by molar-refractivity contribution is -0.181. The van der Waals surface area contributed by atoms with Crippen LogP contribution in [0.5, 0.6) is 5.75 Å². The number of phenolic OH excluding ortho intramolecular Hbond substituents is 1. The minimum atomic E-state index is -2.73. The summed E-state index contributed by atoms with van der Waals surface area (Å²) in [6.45, 7) is 2.66. The highest BCUT2D eigenvalue weighted by Gasteiger charge is 2.69. The number of ketones is 4. The fourth-order valence-corrected chi connectivity index (χ4v) is 8.04. The van der Waals surface area contributed by atoms with Gasteiger partial charge >= 0.3 is 0 Å². The van der Waals surface area contributed by atoms with Gasteiger partial charge in [-0.3, -0.25) is 33.8 Å². The molecule has 6 rings (SSSR count). The number of amides is 1. The van der Waals surface area contributed by atoms with Crippen molar-refractivity contribution in [3.63, 3.8) is 0 Å². The maximum Gasteiger partial charge on any atom is 0.235 e. The third-order valence-corrected chi connectivity index (χ3v) is 10.1. The smallest absolute Gasteiger partial charge is 0.235 e. The number of benzene rings is 2. The maximum atomic E-state index is 14.0. The van der Waals surface area contributed by atoms with Crippen LogP contribution in [-0.2, 0) is 32.1 Å². The van der Waals surface area contributed by atoms with E-state index in [0.29, 0.717) is 11.3 Å². The SMILES string of the molecule is CN(C)[C@H]1C(=O)C(C(N)=O)C(=O)[C@]2(O)C(=O)C3C(=O)c4c(O)ccc(NC5CCN(Cc6ccccc6)CC5)c4C[C@@H]3C[C@H]12. The molecule has 0 spiro atoms. The summed E-state index contributed by atoms with van der Waals surface area (Å²) in [6.07, 6.45) is 2.02. The molecule has 2 unspecified atom stereocenters. The van der Waals surface area contributed by atoms with E-state index in [-0.39, 0.29) is 30.2 Å². The monoisotopic (exact) mass is 602 g/mol. The summed E-state index contributed by atoms with van der Waals surface area (Å²) in [6, 6.07) is 12.5. The van der Waals surface area contributed by atoms with Crippen LogP contribution >= 0.6 is 0 Å². The highest BCUT2D eigenvalue weighted by atomic mass is 16.3. The van der Waals surface area contributed by atoms with E-state index in [4.69, 9.17) is 5.73 Å². The molecule has 0 aromatic heterocycles. The van der Waals surface area contributed by atoms with E-state index in [1.807, 2.05) is 18.2 Å². The quantitative estimate of drug-likeness (QED) is 0.276. The van der Waals surface area contributed by atoms with Gasteiger partial charge in [-0.05, 0) is 69.0 Å². The number of carbonyl (C=O) groups is 5. The molecule has 3 fully saturated rings. The Morgan fingerprint density at radius 2 is 1.73 bits per heavy atom. The van der Waals surface area contributed by atoms with Crippen LogP contribution in [-0.4, -0.2) is 93.9 Å². The first kappa shape index (κ1) is 30.1. The van der Waals surface area contributed by atoms with Crippen LogP contribution in [0.2, 0.25) is 0 Å². The molecule has 5 N–H and O–H groups in total.